The Morgan fingerprint density at radius 3 is 2.59 bits per heavy atom. The van der Waals surface area contributed by atoms with Gasteiger partial charge in [0.15, 0.2) is 5.76 Å². The summed E-state index contributed by atoms with van der Waals surface area (Å²) in [7, 11) is 1.64. The second-order valence-corrected chi connectivity index (χ2v) is 12.5. The standard InChI is InChI=1S/C35H35N5O5S/c1-23-37-40-21-31(36-35(40)46-23)33-20-30-27(18-29(43-2)19-32(30)45-33)22-44-28-6-3-5-26(17-28)24-7-9-25(10-8-24)34(42)39-14-12-38(13-15-39)11-4-16-41/h3,5-10,17-21,41H,4,11-16,22H2,1-2H3. The monoisotopic (exact) mass is 637 g/mol. The van der Waals surface area contributed by atoms with Gasteiger partial charge < -0.3 is 23.9 Å². The number of piperazine rings is 1. The summed E-state index contributed by atoms with van der Waals surface area (Å²) < 4.78 is 19.8. The van der Waals surface area contributed by atoms with Gasteiger partial charge in [-0.3, -0.25) is 9.69 Å². The molecule has 0 aliphatic carbocycles. The molecule has 0 spiro atoms. The van der Waals surface area contributed by atoms with E-state index in [0.29, 0.717) is 42.4 Å². The summed E-state index contributed by atoms with van der Waals surface area (Å²) in [6, 6.07) is 21.5. The van der Waals surface area contributed by atoms with Gasteiger partial charge in [-0.05, 0) is 60.9 Å². The number of methoxy groups -OCH3 is 1. The fourth-order valence-electron chi connectivity index (χ4n) is 5.85. The molecule has 1 N–H and O–H groups in total. The first-order valence-corrected chi connectivity index (χ1v) is 16.2. The zero-order valence-electron chi connectivity index (χ0n) is 25.8. The molecule has 11 heteroatoms. The van der Waals surface area contributed by atoms with Crippen LogP contribution in [-0.4, -0.2) is 81.9 Å². The van der Waals surface area contributed by atoms with Crippen LogP contribution >= 0.6 is 11.3 Å². The molecule has 3 aromatic heterocycles. The van der Waals surface area contributed by atoms with Gasteiger partial charge in [0.2, 0.25) is 4.96 Å². The molecule has 6 aromatic rings. The number of amides is 1. The maximum atomic E-state index is 13.1. The number of rotatable bonds is 10. The maximum Gasteiger partial charge on any atom is 0.253 e. The van der Waals surface area contributed by atoms with Crippen molar-refractivity contribution in [3.8, 4) is 34.1 Å². The lowest BCUT2D eigenvalue weighted by molar-refractivity contribution is 0.0629. The number of aliphatic hydroxyl groups is 1. The number of hydrogen-bond acceptors (Lipinski definition) is 9. The van der Waals surface area contributed by atoms with Crippen LogP contribution in [0.4, 0.5) is 0 Å². The van der Waals surface area contributed by atoms with E-state index in [4.69, 9.17) is 19.0 Å². The van der Waals surface area contributed by atoms with Crippen molar-refractivity contribution < 1.29 is 23.8 Å². The Morgan fingerprint density at radius 2 is 1.83 bits per heavy atom. The van der Waals surface area contributed by atoms with Gasteiger partial charge in [0.25, 0.3) is 5.91 Å². The van der Waals surface area contributed by atoms with Crippen LogP contribution in [-0.2, 0) is 6.61 Å². The molecular weight excluding hydrogens is 602 g/mol. The molecule has 7 rings (SSSR count). The fourth-order valence-corrected chi connectivity index (χ4v) is 6.57. The Kier molecular flexibility index (Phi) is 8.44. The molecule has 1 saturated heterocycles. The van der Waals surface area contributed by atoms with Crippen molar-refractivity contribution in [2.45, 2.75) is 20.0 Å². The SMILES string of the molecule is COc1cc(COc2cccc(-c3ccc(C(=O)N4CCN(CCCO)CC4)cc3)c2)c2cc(-c3cn4nc(C)sc4n3)oc2c1. The van der Waals surface area contributed by atoms with Crippen LogP contribution in [0, 0.1) is 6.92 Å². The third-order valence-electron chi connectivity index (χ3n) is 8.31. The average Bonchev–Trinajstić information content (AvgIpc) is 3.79. The van der Waals surface area contributed by atoms with Crippen LogP contribution in [0.2, 0.25) is 0 Å². The summed E-state index contributed by atoms with van der Waals surface area (Å²) in [5.41, 5.74) is 5.03. The minimum absolute atomic E-state index is 0.0527. The largest absolute Gasteiger partial charge is 0.497 e. The first-order chi connectivity index (χ1) is 22.5. The highest BCUT2D eigenvalue weighted by atomic mass is 32.1. The molecule has 4 heterocycles. The van der Waals surface area contributed by atoms with Gasteiger partial charge in [-0.15, -0.1) is 0 Å². The van der Waals surface area contributed by atoms with E-state index in [1.807, 2.05) is 84.8 Å². The van der Waals surface area contributed by atoms with Crippen LogP contribution in [0.3, 0.4) is 0 Å². The van der Waals surface area contributed by atoms with Crippen LogP contribution in [0.15, 0.2) is 77.3 Å². The first-order valence-electron chi connectivity index (χ1n) is 15.4. The third kappa shape index (κ3) is 6.21. The lowest BCUT2D eigenvalue weighted by atomic mass is 10.0. The predicted octanol–water partition coefficient (Wildman–Crippen LogP) is 5.91. The molecule has 236 valence electrons. The van der Waals surface area contributed by atoms with Gasteiger partial charge in [0, 0.05) is 61.9 Å². The molecule has 10 nitrogen and oxygen atoms in total. The molecule has 0 radical (unpaired) electrons. The van der Waals surface area contributed by atoms with Crippen molar-refractivity contribution in [2.75, 3.05) is 46.4 Å². The molecule has 3 aromatic carbocycles. The van der Waals surface area contributed by atoms with Gasteiger partial charge in [0.05, 0.1) is 13.3 Å². The minimum atomic E-state index is 0.0527. The van der Waals surface area contributed by atoms with Crippen LogP contribution in [0.1, 0.15) is 27.3 Å². The molecule has 0 unspecified atom stereocenters. The second kappa shape index (κ2) is 13.0. The summed E-state index contributed by atoms with van der Waals surface area (Å²) in [4.78, 5) is 22.8. The molecule has 46 heavy (non-hydrogen) atoms. The number of imidazole rings is 1. The number of hydrogen-bond donors (Lipinski definition) is 1. The smallest absolute Gasteiger partial charge is 0.253 e. The highest BCUT2D eigenvalue weighted by Crippen LogP contribution is 2.34. The predicted molar refractivity (Wildman–Crippen MR) is 178 cm³/mol. The molecule has 0 bridgehead atoms. The molecule has 1 aliphatic heterocycles. The fraction of sp³-hybridized carbons (Fsp3) is 0.286. The van der Waals surface area contributed by atoms with Crippen LogP contribution in [0.25, 0.3) is 38.5 Å². The molecule has 1 amide bonds. The Labute approximate surface area is 270 Å². The van der Waals surface area contributed by atoms with E-state index in [1.54, 1.807) is 11.6 Å². The van der Waals surface area contributed by atoms with Gasteiger partial charge in [0.1, 0.15) is 34.4 Å². The zero-order valence-corrected chi connectivity index (χ0v) is 26.6. The van der Waals surface area contributed by atoms with E-state index in [2.05, 4.69) is 15.0 Å². The quantitative estimate of drug-likeness (QED) is 0.198. The molecule has 0 atom stereocenters. The van der Waals surface area contributed by atoms with Gasteiger partial charge in [-0.1, -0.05) is 35.6 Å². The van der Waals surface area contributed by atoms with Crippen molar-refractivity contribution in [1.82, 2.24) is 24.4 Å². The van der Waals surface area contributed by atoms with E-state index in [0.717, 1.165) is 69.5 Å². The van der Waals surface area contributed by atoms with Crippen molar-refractivity contribution in [3.63, 3.8) is 0 Å². The maximum absolute atomic E-state index is 13.1. The average molecular weight is 638 g/mol. The van der Waals surface area contributed by atoms with Gasteiger partial charge in [-0.25, -0.2) is 9.50 Å². The van der Waals surface area contributed by atoms with E-state index < -0.39 is 0 Å². The minimum Gasteiger partial charge on any atom is -0.497 e. The number of aryl methyl sites for hydroxylation is 1. The third-order valence-corrected chi connectivity index (χ3v) is 9.15. The van der Waals surface area contributed by atoms with E-state index in [1.165, 1.54) is 11.3 Å². The number of benzene rings is 3. The van der Waals surface area contributed by atoms with Gasteiger partial charge in [-0.2, -0.15) is 5.10 Å². The van der Waals surface area contributed by atoms with E-state index >= 15 is 0 Å². The summed E-state index contributed by atoms with van der Waals surface area (Å²) in [5.74, 6) is 2.12. The molecule has 0 saturated carbocycles. The number of aliphatic hydroxyl groups excluding tert-OH is 1. The first kappa shape index (κ1) is 30.0. The Bertz CT molecular complexity index is 1960. The zero-order chi connectivity index (χ0) is 31.6. The van der Waals surface area contributed by atoms with Crippen LogP contribution in [0.5, 0.6) is 11.5 Å². The molecule has 1 aliphatic rings. The Morgan fingerprint density at radius 1 is 1.00 bits per heavy atom. The van der Waals surface area contributed by atoms with E-state index in [9.17, 15) is 4.79 Å². The summed E-state index contributed by atoms with van der Waals surface area (Å²) in [6.45, 7) is 6.40. The Hall–Kier alpha value is -4.71. The highest BCUT2D eigenvalue weighted by Gasteiger charge is 2.22. The van der Waals surface area contributed by atoms with Crippen molar-refractivity contribution in [1.29, 1.82) is 0 Å². The number of ether oxygens (including phenoxy) is 2. The molecular formula is C35H35N5O5S. The number of carbonyl (C=O) groups excluding carboxylic acids is 1. The lowest BCUT2D eigenvalue weighted by Gasteiger charge is -2.34. The van der Waals surface area contributed by atoms with E-state index in [-0.39, 0.29) is 12.5 Å². The highest BCUT2D eigenvalue weighted by molar-refractivity contribution is 7.16. The number of carbonyl (C=O) groups is 1. The van der Waals surface area contributed by atoms with Crippen molar-refractivity contribution in [3.05, 3.63) is 89.1 Å². The number of furan rings is 1. The number of fused-ring (bicyclic) bond motifs is 2. The summed E-state index contributed by atoms with van der Waals surface area (Å²) in [6.07, 6.45) is 2.64. The summed E-state index contributed by atoms with van der Waals surface area (Å²) >= 11 is 1.53. The number of nitrogens with zero attached hydrogens (tertiary/aromatic N) is 5. The number of aromatic nitrogens is 3. The normalized spacial score (nSPS) is 13.9. The lowest BCUT2D eigenvalue weighted by Crippen LogP contribution is -2.48. The van der Waals surface area contributed by atoms with Crippen molar-refractivity contribution >= 4 is 33.2 Å². The van der Waals surface area contributed by atoms with Crippen LogP contribution < -0.4 is 9.47 Å². The summed E-state index contributed by atoms with van der Waals surface area (Å²) in [5, 5.41) is 15.4. The van der Waals surface area contributed by atoms with Gasteiger partial charge >= 0.3 is 0 Å². The topological polar surface area (TPSA) is 106 Å². The van der Waals surface area contributed by atoms with Crippen molar-refractivity contribution in [2.24, 2.45) is 0 Å². The molecule has 1 fully saturated rings. The second-order valence-electron chi connectivity index (χ2n) is 11.4. The Balaban J connectivity index is 1.04.